The van der Waals surface area contributed by atoms with Crippen LogP contribution >= 0.6 is 0 Å². The summed E-state index contributed by atoms with van der Waals surface area (Å²) in [5.74, 6) is 0. The van der Waals surface area contributed by atoms with Gasteiger partial charge >= 0.3 is 0 Å². The Kier molecular flexibility index (Phi) is 6.93. The summed E-state index contributed by atoms with van der Waals surface area (Å²) in [6.07, 6.45) is 8.81. The number of rotatable bonds is 9. The summed E-state index contributed by atoms with van der Waals surface area (Å²) >= 11 is 0. The highest BCUT2D eigenvalue weighted by Gasteiger charge is 2.00. The second-order valence-corrected chi connectivity index (χ2v) is 4.39. The fraction of sp³-hybridized carbons (Fsp3) is 0.692. The van der Waals surface area contributed by atoms with Crippen molar-refractivity contribution in [2.24, 2.45) is 0 Å². The van der Waals surface area contributed by atoms with Crippen molar-refractivity contribution in [3.8, 4) is 0 Å². The molecule has 0 aliphatic heterocycles. The third-order valence-corrected chi connectivity index (χ3v) is 2.75. The molecular weight excluding hydrogens is 200 g/mol. The standard InChI is InChI=1S/C13H24N2O/c1-14-8-5-3-4-6-9-15(2)11-13-7-10-16-12-13/h7,10,12,14H,3-6,8-9,11H2,1-2H3. The third kappa shape index (κ3) is 5.93. The molecule has 0 fully saturated rings. The zero-order chi connectivity index (χ0) is 11.6. The molecule has 0 aliphatic carbocycles. The van der Waals surface area contributed by atoms with E-state index in [1.165, 1.54) is 37.8 Å². The molecule has 16 heavy (non-hydrogen) atoms. The number of nitrogens with zero attached hydrogens (tertiary/aromatic N) is 1. The first-order chi connectivity index (χ1) is 7.83. The van der Waals surface area contributed by atoms with Crippen LogP contribution in [-0.2, 0) is 6.54 Å². The topological polar surface area (TPSA) is 28.4 Å². The van der Waals surface area contributed by atoms with Crippen LogP contribution in [0, 0.1) is 0 Å². The lowest BCUT2D eigenvalue weighted by molar-refractivity contribution is 0.315. The van der Waals surface area contributed by atoms with Gasteiger partial charge in [-0.25, -0.2) is 0 Å². The molecule has 0 spiro atoms. The molecular formula is C13H24N2O. The minimum atomic E-state index is 0.993. The van der Waals surface area contributed by atoms with Gasteiger partial charge in [0.15, 0.2) is 0 Å². The lowest BCUT2D eigenvalue weighted by Gasteiger charge is -2.15. The van der Waals surface area contributed by atoms with E-state index in [0.717, 1.165) is 13.1 Å². The molecule has 0 amide bonds. The normalized spacial score (nSPS) is 11.2. The Balaban J connectivity index is 1.96. The maximum atomic E-state index is 5.05. The molecule has 1 aromatic heterocycles. The zero-order valence-corrected chi connectivity index (χ0v) is 10.5. The number of furan rings is 1. The highest BCUT2D eigenvalue weighted by atomic mass is 16.3. The average Bonchev–Trinajstić information content (AvgIpc) is 2.76. The van der Waals surface area contributed by atoms with E-state index in [0.29, 0.717) is 0 Å². The molecule has 0 aromatic carbocycles. The van der Waals surface area contributed by atoms with Crippen molar-refractivity contribution < 1.29 is 4.42 Å². The van der Waals surface area contributed by atoms with Crippen LogP contribution in [0.3, 0.4) is 0 Å². The fourth-order valence-corrected chi connectivity index (χ4v) is 1.81. The van der Waals surface area contributed by atoms with E-state index in [1.807, 2.05) is 19.4 Å². The highest BCUT2D eigenvalue weighted by molar-refractivity contribution is 5.04. The largest absolute Gasteiger partial charge is 0.472 e. The molecule has 1 heterocycles. The Hall–Kier alpha value is -0.800. The van der Waals surface area contributed by atoms with Gasteiger partial charge in [-0.05, 0) is 46.1 Å². The maximum absolute atomic E-state index is 5.05. The van der Waals surface area contributed by atoms with E-state index in [2.05, 4.69) is 17.3 Å². The Bertz CT molecular complexity index is 246. The first kappa shape index (κ1) is 13.3. The average molecular weight is 224 g/mol. The van der Waals surface area contributed by atoms with Crippen LogP contribution in [-0.4, -0.2) is 32.1 Å². The van der Waals surface area contributed by atoms with Crippen molar-refractivity contribution in [1.82, 2.24) is 10.2 Å². The summed E-state index contributed by atoms with van der Waals surface area (Å²) in [5.41, 5.74) is 1.26. The molecule has 0 atom stereocenters. The Morgan fingerprint density at radius 2 is 2.06 bits per heavy atom. The van der Waals surface area contributed by atoms with Crippen LogP contribution in [0.5, 0.6) is 0 Å². The zero-order valence-electron chi connectivity index (χ0n) is 10.5. The highest BCUT2D eigenvalue weighted by Crippen LogP contribution is 2.06. The summed E-state index contributed by atoms with van der Waals surface area (Å²) in [4.78, 5) is 2.35. The predicted octanol–water partition coefficient (Wildman–Crippen LogP) is 2.49. The van der Waals surface area contributed by atoms with Gasteiger partial charge in [0, 0.05) is 12.1 Å². The second-order valence-electron chi connectivity index (χ2n) is 4.39. The molecule has 1 N–H and O–H groups in total. The first-order valence-electron chi connectivity index (χ1n) is 6.17. The lowest BCUT2D eigenvalue weighted by atomic mass is 10.2. The van der Waals surface area contributed by atoms with Gasteiger partial charge in [-0.15, -0.1) is 0 Å². The summed E-state index contributed by atoms with van der Waals surface area (Å²) in [7, 11) is 4.18. The number of nitrogens with one attached hydrogen (secondary N) is 1. The molecule has 0 aliphatic rings. The molecule has 0 bridgehead atoms. The number of hydrogen-bond acceptors (Lipinski definition) is 3. The van der Waals surface area contributed by atoms with Gasteiger partial charge < -0.3 is 14.6 Å². The third-order valence-electron chi connectivity index (χ3n) is 2.75. The Morgan fingerprint density at radius 3 is 2.75 bits per heavy atom. The smallest absolute Gasteiger partial charge is 0.0947 e. The predicted molar refractivity (Wildman–Crippen MR) is 67.4 cm³/mol. The molecule has 3 heteroatoms. The van der Waals surface area contributed by atoms with Gasteiger partial charge in [0.1, 0.15) is 0 Å². The van der Waals surface area contributed by atoms with Crippen molar-refractivity contribution in [2.75, 3.05) is 27.2 Å². The minimum Gasteiger partial charge on any atom is -0.472 e. The van der Waals surface area contributed by atoms with Gasteiger partial charge in [0.2, 0.25) is 0 Å². The minimum absolute atomic E-state index is 0.993. The van der Waals surface area contributed by atoms with E-state index in [1.54, 1.807) is 6.26 Å². The molecule has 3 nitrogen and oxygen atoms in total. The quantitative estimate of drug-likeness (QED) is 0.653. The first-order valence-corrected chi connectivity index (χ1v) is 6.17. The summed E-state index contributed by atoms with van der Waals surface area (Å²) in [6, 6.07) is 2.03. The van der Waals surface area contributed by atoms with Crippen LogP contribution in [0.25, 0.3) is 0 Å². The van der Waals surface area contributed by atoms with Crippen LogP contribution in [0.15, 0.2) is 23.0 Å². The van der Waals surface area contributed by atoms with Crippen molar-refractivity contribution in [3.63, 3.8) is 0 Å². The van der Waals surface area contributed by atoms with Crippen molar-refractivity contribution >= 4 is 0 Å². The Morgan fingerprint density at radius 1 is 1.25 bits per heavy atom. The van der Waals surface area contributed by atoms with Crippen molar-refractivity contribution in [3.05, 3.63) is 24.2 Å². The summed E-state index contributed by atoms with van der Waals surface area (Å²) < 4.78 is 5.05. The van der Waals surface area contributed by atoms with Gasteiger partial charge in [-0.1, -0.05) is 12.8 Å². The monoisotopic (exact) mass is 224 g/mol. The van der Waals surface area contributed by atoms with Crippen LogP contribution in [0.2, 0.25) is 0 Å². The molecule has 92 valence electrons. The van der Waals surface area contributed by atoms with E-state index in [4.69, 9.17) is 4.42 Å². The molecule has 1 rings (SSSR count). The molecule has 1 aromatic rings. The van der Waals surface area contributed by atoms with Gasteiger partial charge in [-0.2, -0.15) is 0 Å². The molecule has 0 saturated carbocycles. The van der Waals surface area contributed by atoms with Crippen LogP contribution < -0.4 is 5.32 Å². The van der Waals surface area contributed by atoms with E-state index in [9.17, 15) is 0 Å². The van der Waals surface area contributed by atoms with Gasteiger partial charge in [0.05, 0.1) is 12.5 Å². The number of unbranched alkanes of at least 4 members (excludes halogenated alkanes) is 3. The van der Waals surface area contributed by atoms with Gasteiger partial charge in [-0.3, -0.25) is 0 Å². The van der Waals surface area contributed by atoms with E-state index < -0.39 is 0 Å². The van der Waals surface area contributed by atoms with Crippen LogP contribution in [0.4, 0.5) is 0 Å². The Labute approximate surface area is 98.8 Å². The van der Waals surface area contributed by atoms with Gasteiger partial charge in [0.25, 0.3) is 0 Å². The van der Waals surface area contributed by atoms with Crippen molar-refractivity contribution in [1.29, 1.82) is 0 Å². The number of hydrogen-bond donors (Lipinski definition) is 1. The molecule has 0 unspecified atom stereocenters. The fourth-order valence-electron chi connectivity index (χ4n) is 1.81. The van der Waals surface area contributed by atoms with E-state index >= 15 is 0 Å². The molecule has 0 radical (unpaired) electrons. The van der Waals surface area contributed by atoms with E-state index in [-0.39, 0.29) is 0 Å². The summed E-state index contributed by atoms with van der Waals surface area (Å²) in [6.45, 7) is 3.31. The van der Waals surface area contributed by atoms with Crippen LogP contribution in [0.1, 0.15) is 31.2 Å². The summed E-state index contributed by atoms with van der Waals surface area (Å²) in [5, 5.41) is 3.18. The molecule has 0 saturated heterocycles. The second kappa shape index (κ2) is 8.36. The lowest BCUT2D eigenvalue weighted by Crippen LogP contribution is -2.18. The maximum Gasteiger partial charge on any atom is 0.0947 e. The SMILES string of the molecule is CNCCCCCCN(C)Cc1ccoc1. The van der Waals surface area contributed by atoms with Crippen molar-refractivity contribution in [2.45, 2.75) is 32.2 Å².